The molecular formula is C20H14N4O2. The standard InChI is InChI=1S/C20H14N4O2/c1-12-8-14-9-13(5-6-18(14)26-12)17-10-19(25)24-20(23-17)15(11-22-24)16-4-2-3-7-21-16/h2-11,22H,1H3. The molecule has 0 amide bonds. The second-order valence-electron chi connectivity index (χ2n) is 6.15. The Bertz CT molecular complexity index is 1310. The summed E-state index contributed by atoms with van der Waals surface area (Å²) in [5.41, 5.74) is 4.23. The Hall–Kier alpha value is -3.67. The van der Waals surface area contributed by atoms with Crippen molar-refractivity contribution in [3.05, 3.63) is 77.0 Å². The van der Waals surface area contributed by atoms with E-state index >= 15 is 0 Å². The third-order valence-corrected chi connectivity index (χ3v) is 4.37. The van der Waals surface area contributed by atoms with Crippen LogP contribution in [-0.4, -0.2) is 19.6 Å². The van der Waals surface area contributed by atoms with E-state index in [2.05, 4.69) is 10.1 Å². The van der Waals surface area contributed by atoms with Crippen LogP contribution in [0.3, 0.4) is 0 Å². The molecule has 0 aliphatic heterocycles. The fourth-order valence-electron chi connectivity index (χ4n) is 3.18. The monoisotopic (exact) mass is 342 g/mol. The van der Waals surface area contributed by atoms with Gasteiger partial charge in [0.1, 0.15) is 11.3 Å². The molecule has 0 radical (unpaired) electrons. The van der Waals surface area contributed by atoms with Crippen LogP contribution in [0, 0.1) is 6.92 Å². The van der Waals surface area contributed by atoms with Gasteiger partial charge in [-0.25, -0.2) is 9.50 Å². The molecule has 0 unspecified atom stereocenters. The minimum absolute atomic E-state index is 0.171. The summed E-state index contributed by atoms with van der Waals surface area (Å²) in [6.45, 7) is 1.91. The Kier molecular flexibility index (Phi) is 3.05. The molecule has 0 bridgehead atoms. The van der Waals surface area contributed by atoms with Gasteiger partial charge in [-0.05, 0) is 43.3 Å². The normalized spacial score (nSPS) is 11.4. The van der Waals surface area contributed by atoms with Crippen molar-refractivity contribution in [2.45, 2.75) is 6.92 Å². The second kappa shape index (κ2) is 5.42. The van der Waals surface area contributed by atoms with E-state index in [1.807, 2.05) is 49.4 Å². The van der Waals surface area contributed by atoms with Gasteiger partial charge in [0, 0.05) is 29.4 Å². The van der Waals surface area contributed by atoms with Gasteiger partial charge in [0.05, 0.1) is 17.0 Å². The summed E-state index contributed by atoms with van der Waals surface area (Å²) >= 11 is 0. The molecule has 6 nitrogen and oxygen atoms in total. The zero-order valence-electron chi connectivity index (χ0n) is 13.9. The minimum atomic E-state index is -0.171. The van der Waals surface area contributed by atoms with Crippen molar-refractivity contribution in [2.24, 2.45) is 0 Å². The van der Waals surface area contributed by atoms with Crippen LogP contribution < -0.4 is 5.56 Å². The van der Waals surface area contributed by atoms with E-state index in [4.69, 9.17) is 9.40 Å². The highest BCUT2D eigenvalue weighted by Crippen LogP contribution is 2.27. The van der Waals surface area contributed by atoms with Crippen LogP contribution in [0.15, 0.2) is 70.1 Å². The van der Waals surface area contributed by atoms with Crippen LogP contribution in [-0.2, 0) is 0 Å². The highest BCUT2D eigenvalue weighted by molar-refractivity contribution is 5.84. The lowest BCUT2D eigenvalue weighted by atomic mass is 10.1. The van der Waals surface area contributed by atoms with E-state index in [9.17, 15) is 4.79 Å². The molecule has 0 saturated carbocycles. The maximum absolute atomic E-state index is 12.5. The molecule has 4 heterocycles. The van der Waals surface area contributed by atoms with Gasteiger partial charge in [-0.15, -0.1) is 0 Å². The molecule has 0 fully saturated rings. The molecule has 4 aromatic heterocycles. The van der Waals surface area contributed by atoms with Gasteiger partial charge in [-0.3, -0.25) is 14.9 Å². The second-order valence-corrected chi connectivity index (χ2v) is 6.15. The number of aromatic nitrogens is 4. The third-order valence-electron chi connectivity index (χ3n) is 4.37. The summed E-state index contributed by atoms with van der Waals surface area (Å²) in [7, 11) is 0. The van der Waals surface area contributed by atoms with Crippen LogP contribution in [0.25, 0.3) is 39.1 Å². The molecular weight excluding hydrogens is 328 g/mol. The van der Waals surface area contributed by atoms with Crippen LogP contribution in [0.1, 0.15) is 5.76 Å². The van der Waals surface area contributed by atoms with Crippen LogP contribution in [0.2, 0.25) is 0 Å². The zero-order valence-corrected chi connectivity index (χ0v) is 13.9. The number of pyridine rings is 1. The lowest BCUT2D eigenvalue weighted by Crippen LogP contribution is -2.14. The van der Waals surface area contributed by atoms with Crippen LogP contribution in [0.5, 0.6) is 0 Å². The van der Waals surface area contributed by atoms with Crippen molar-refractivity contribution in [3.63, 3.8) is 0 Å². The fourth-order valence-corrected chi connectivity index (χ4v) is 3.18. The average molecular weight is 342 g/mol. The first kappa shape index (κ1) is 14.7. The highest BCUT2D eigenvalue weighted by atomic mass is 16.3. The van der Waals surface area contributed by atoms with Crippen molar-refractivity contribution >= 4 is 16.6 Å². The SMILES string of the molecule is Cc1cc2cc(-c3cc(=O)n4[nH]cc(-c5ccccn5)c4n3)ccc2o1. The summed E-state index contributed by atoms with van der Waals surface area (Å²) in [4.78, 5) is 21.6. The Morgan fingerprint density at radius 3 is 2.85 bits per heavy atom. The van der Waals surface area contributed by atoms with E-state index in [0.29, 0.717) is 11.3 Å². The lowest BCUT2D eigenvalue weighted by molar-refractivity contribution is 0.578. The molecule has 0 saturated heterocycles. The number of hydrogen-bond donors (Lipinski definition) is 1. The molecule has 126 valence electrons. The summed E-state index contributed by atoms with van der Waals surface area (Å²) in [6.07, 6.45) is 3.47. The van der Waals surface area contributed by atoms with Crippen molar-refractivity contribution in [1.82, 2.24) is 19.6 Å². The minimum Gasteiger partial charge on any atom is -0.461 e. The third kappa shape index (κ3) is 2.23. The van der Waals surface area contributed by atoms with E-state index in [1.165, 1.54) is 10.6 Å². The number of nitrogens with zero attached hydrogens (tertiary/aromatic N) is 3. The van der Waals surface area contributed by atoms with Crippen molar-refractivity contribution in [2.75, 3.05) is 0 Å². The number of furan rings is 1. The predicted octanol–water partition coefficient (Wildman–Crippen LogP) is 3.81. The molecule has 1 N–H and O–H groups in total. The van der Waals surface area contributed by atoms with Gasteiger partial charge < -0.3 is 4.42 Å². The van der Waals surface area contributed by atoms with Crippen molar-refractivity contribution in [3.8, 4) is 22.5 Å². The van der Waals surface area contributed by atoms with Gasteiger partial charge in [0.2, 0.25) is 0 Å². The van der Waals surface area contributed by atoms with Gasteiger partial charge in [-0.1, -0.05) is 6.07 Å². The molecule has 26 heavy (non-hydrogen) atoms. The zero-order chi connectivity index (χ0) is 17.7. The average Bonchev–Trinajstić information content (AvgIpc) is 3.24. The van der Waals surface area contributed by atoms with Gasteiger partial charge >= 0.3 is 0 Å². The van der Waals surface area contributed by atoms with E-state index in [1.54, 1.807) is 12.4 Å². The van der Waals surface area contributed by atoms with E-state index < -0.39 is 0 Å². The summed E-state index contributed by atoms with van der Waals surface area (Å²) < 4.78 is 7.04. The quantitative estimate of drug-likeness (QED) is 0.529. The molecule has 5 aromatic rings. The first-order chi connectivity index (χ1) is 12.7. The van der Waals surface area contributed by atoms with Gasteiger partial charge in [0.25, 0.3) is 5.56 Å². The maximum Gasteiger partial charge on any atom is 0.273 e. The topological polar surface area (TPSA) is 76.2 Å². The summed E-state index contributed by atoms with van der Waals surface area (Å²) in [6, 6.07) is 14.9. The molecule has 0 atom stereocenters. The number of hydrogen-bond acceptors (Lipinski definition) is 4. The number of rotatable bonds is 2. The summed E-state index contributed by atoms with van der Waals surface area (Å²) in [5.74, 6) is 0.851. The molecule has 6 heteroatoms. The highest BCUT2D eigenvalue weighted by Gasteiger charge is 2.13. The van der Waals surface area contributed by atoms with Crippen LogP contribution in [0.4, 0.5) is 0 Å². The first-order valence-corrected chi connectivity index (χ1v) is 8.22. The summed E-state index contributed by atoms with van der Waals surface area (Å²) in [5, 5.41) is 3.94. The fraction of sp³-hybridized carbons (Fsp3) is 0.0500. The Labute approximate surface area is 147 Å². The predicted molar refractivity (Wildman–Crippen MR) is 99.0 cm³/mol. The Morgan fingerprint density at radius 2 is 2.00 bits per heavy atom. The first-order valence-electron chi connectivity index (χ1n) is 8.22. The number of fused-ring (bicyclic) bond motifs is 2. The largest absolute Gasteiger partial charge is 0.461 e. The molecule has 1 aromatic carbocycles. The number of nitrogens with one attached hydrogen (secondary N) is 1. The van der Waals surface area contributed by atoms with Gasteiger partial charge in [0.15, 0.2) is 5.65 Å². The van der Waals surface area contributed by atoms with E-state index in [-0.39, 0.29) is 5.56 Å². The van der Waals surface area contributed by atoms with E-state index in [0.717, 1.165) is 33.6 Å². The Balaban J connectivity index is 1.74. The number of H-pyrrole nitrogens is 1. The lowest BCUT2D eigenvalue weighted by Gasteiger charge is -2.03. The van der Waals surface area contributed by atoms with Gasteiger partial charge in [-0.2, -0.15) is 0 Å². The molecule has 5 rings (SSSR count). The van der Waals surface area contributed by atoms with Crippen molar-refractivity contribution < 1.29 is 4.42 Å². The number of aryl methyl sites for hydroxylation is 1. The maximum atomic E-state index is 12.5. The number of benzene rings is 1. The van der Waals surface area contributed by atoms with Crippen molar-refractivity contribution in [1.29, 1.82) is 0 Å². The Morgan fingerprint density at radius 1 is 1.08 bits per heavy atom. The van der Waals surface area contributed by atoms with Crippen LogP contribution >= 0.6 is 0 Å². The molecule has 0 spiro atoms. The number of aromatic amines is 1. The smallest absolute Gasteiger partial charge is 0.273 e. The molecule has 0 aliphatic rings. The molecule has 0 aliphatic carbocycles.